The van der Waals surface area contributed by atoms with Gasteiger partial charge in [-0.3, -0.25) is 4.79 Å². The van der Waals surface area contributed by atoms with E-state index in [1.165, 1.54) is 16.4 Å². The average Bonchev–Trinajstić information content (AvgIpc) is 3.01. The van der Waals surface area contributed by atoms with Crippen molar-refractivity contribution in [3.05, 3.63) is 24.3 Å². The fourth-order valence-electron chi connectivity index (χ4n) is 2.27. The standard InChI is InChI=1S/C14H21N3O3S.ClH/c1-3-14(18)16-11-4-6-13(7-5-11)21(19,20)17(2)12-8-9-15-10-12;/h4-7,12,15H,3,8-10H2,1-2H3,(H,16,18);1H. The summed E-state index contributed by atoms with van der Waals surface area (Å²) in [5, 5.41) is 5.86. The summed E-state index contributed by atoms with van der Waals surface area (Å²) in [6, 6.07) is 6.27. The molecule has 0 aliphatic carbocycles. The maximum atomic E-state index is 12.5. The number of likely N-dealkylation sites (N-methyl/N-ethyl adjacent to an activating group) is 1. The number of amides is 1. The summed E-state index contributed by atoms with van der Waals surface area (Å²) in [6.45, 7) is 3.28. The Labute approximate surface area is 137 Å². The Morgan fingerprint density at radius 2 is 2.00 bits per heavy atom. The molecule has 1 fully saturated rings. The van der Waals surface area contributed by atoms with Crippen LogP contribution in [-0.2, 0) is 14.8 Å². The fourth-order valence-corrected chi connectivity index (χ4v) is 3.66. The number of nitrogens with one attached hydrogen (secondary N) is 2. The van der Waals surface area contributed by atoms with E-state index in [9.17, 15) is 13.2 Å². The van der Waals surface area contributed by atoms with Crippen molar-refractivity contribution in [2.45, 2.75) is 30.7 Å². The van der Waals surface area contributed by atoms with Crippen LogP contribution in [0.2, 0.25) is 0 Å². The van der Waals surface area contributed by atoms with E-state index in [-0.39, 0.29) is 29.3 Å². The van der Waals surface area contributed by atoms with Crippen LogP contribution in [0.4, 0.5) is 5.69 Å². The average molecular weight is 348 g/mol. The van der Waals surface area contributed by atoms with Gasteiger partial charge in [0, 0.05) is 31.7 Å². The Morgan fingerprint density at radius 1 is 1.36 bits per heavy atom. The second-order valence-electron chi connectivity index (χ2n) is 5.09. The lowest BCUT2D eigenvalue weighted by Gasteiger charge is -2.23. The fraction of sp³-hybridized carbons (Fsp3) is 0.500. The van der Waals surface area contributed by atoms with Gasteiger partial charge in [-0.1, -0.05) is 6.92 Å². The van der Waals surface area contributed by atoms with Crippen molar-refractivity contribution in [1.82, 2.24) is 9.62 Å². The summed E-state index contributed by atoms with van der Waals surface area (Å²) >= 11 is 0. The molecule has 0 aromatic heterocycles. The molecule has 1 aromatic carbocycles. The summed E-state index contributed by atoms with van der Waals surface area (Å²) < 4.78 is 26.5. The van der Waals surface area contributed by atoms with Gasteiger partial charge in [0.2, 0.25) is 15.9 Å². The van der Waals surface area contributed by atoms with Gasteiger partial charge in [0.15, 0.2) is 0 Å². The topological polar surface area (TPSA) is 78.5 Å². The molecule has 22 heavy (non-hydrogen) atoms. The summed E-state index contributed by atoms with van der Waals surface area (Å²) in [7, 11) is -1.88. The first-order valence-corrected chi connectivity index (χ1v) is 8.48. The molecule has 1 aliphatic heterocycles. The van der Waals surface area contributed by atoms with Crippen molar-refractivity contribution in [1.29, 1.82) is 0 Å². The smallest absolute Gasteiger partial charge is 0.243 e. The highest BCUT2D eigenvalue weighted by Gasteiger charge is 2.29. The molecule has 0 saturated carbocycles. The van der Waals surface area contributed by atoms with Crippen molar-refractivity contribution in [3.8, 4) is 0 Å². The quantitative estimate of drug-likeness (QED) is 0.844. The van der Waals surface area contributed by atoms with Gasteiger partial charge in [0.05, 0.1) is 4.90 Å². The highest BCUT2D eigenvalue weighted by molar-refractivity contribution is 7.89. The number of carbonyl (C=O) groups excluding carboxylic acids is 1. The monoisotopic (exact) mass is 347 g/mol. The molecule has 124 valence electrons. The summed E-state index contributed by atoms with van der Waals surface area (Å²) in [5.74, 6) is -0.0974. The van der Waals surface area contributed by atoms with Crippen LogP contribution in [0.25, 0.3) is 0 Å². The number of rotatable bonds is 5. The summed E-state index contributed by atoms with van der Waals surface area (Å²) in [4.78, 5) is 11.5. The van der Waals surface area contributed by atoms with Crippen LogP contribution < -0.4 is 10.6 Å². The molecule has 0 radical (unpaired) electrons. The second-order valence-corrected chi connectivity index (χ2v) is 7.09. The number of anilines is 1. The van der Waals surface area contributed by atoms with Crippen LogP contribution in [0.1, 0.15) is 19.8 Å². The Morgan fingerprint density at radius 3 is 2.50 bits per heavy atom. The van der Waals surface area contributed by atoms with E-state index in [4.69, 9.17) is 0 Å². The first kappa shape index (κ1) is 18.9. The highest BCUT2D eigenvalue weighted by Crippen LogP contribution is 2.21. The zero-order chi connectivity index (χ0) is 15.5. The molecular weight excluding hydrogens is 326 g/mol. The highest BCUT2D eigenvalue weighted by atomic mass is 35.5. The molecule has 1 atom stereocenters. The molecule has 0 bridgehead atoms. The van der Waals surface area contributed by atoms with Crippen molar-refractivity contribution in [3.63, 3.8) is 0 Å². The summed E-state index contributed by atoms with van der Waals surface area (Å²) in [6.07, 6.45) is 1.21. The maximum Gasteiger partial charge on any atom is 0.243 e. The molecule has 6 nitrogen and oxygen atoms in total. The number of hydrogen-bond donors (Lipinski definition) is 2. The van der Waals surface area contributed by atoms with Crippen molar-refractivity contribution in [2.24, 2.45) is 0 Å². The molecule has 1 aliphatic rings. The van der Waals surface area contributed by atoms with Crippen LogP contribution >= 0.6 is 12.4 Å². The van der Waals surface area contributed by atoms with Gasteiger partial charge >= 0.3 is 0 Å². The third kappa shape index (κ3) is 4.19. The third-order valence-corrected chi connectivity index (χ3v) is 5.61. The Bertz CT molecular complexity index is 598. The van der Waals surface area contributed by atoms with Crippen LogP contribution in [-0.4, -0.2) is 44.8 Å². The van der Waals surface area contributed by atoms with E-state index in [1.807, 2.05) is 0 Å². The molecule has 2 rings (SSSR count). The first-order valence-electron chi connectivity index (χ1n) is 7.04. The lowest BCUT2D eigenvalue weighted by Crippen LogP contribution is -2.38. The predicted octanol–water partition coefficient (Wildman–Crippen LogP) is 1.44. The number of carbonyl (C=O) groups is 1. The minimum atomic E-state index is -3.49. The van der Waals surface area contributed by atoms with E-state index in [2.05, 4.69) is 10.6 Å². The van der Waals surface area contributed by atoms with Gasteiger partial charge < -0.3 is 10.6 Å². The van der Waals surface area contributed by atoms with Gasteiger partial charge in [-0.2, -0.15) is 4.31 Å². The molecule has 8 heteroatoms. The molecule has 1 heterocycles. The Kier molecular flexibility index (Phi) is 6.80. The number of benzene rings is 1. The molecular formula is C14H22ClN3O3S. The number of nitrogens with zero attached hydrogens (tertiary/aromatic N) is 1. The number of hydrogen-bond acceptors (Lipinski definition) is 4. The van der Waals surface area contributed by atoms with Gasteiger partial charge in [-0.05, 0) is 37.2 Å². The molecule has 0 spiro atoms. The largest absolute Gasteiger partial charge is 0.326 e. The third-order valence-electron chi connectivity index (χ3n) is 3.68. The van der Waals surface area contributed by atoms with E-state index in [0.29, 0.717) is 18.7 Å². The molecule has 1 amide bonds. The van der Waals surface area contributed by atoms with Crippen molar-refractivity contribution >= 4 is 34.0 Å². The van der Waals surface area contributed by atoms with Crippen LogP contribution in [0.15, 0.2) is 29.2 Å². The lowest BCUT2D eigenvalue weighted by atomic mass is 10.3. The van der Waals surface area contributed by atoms with E-state index < -0.39 is 10.0 Å². The van der Waals surface area contributed by atoms with Gasteiger partial charge in [0.1, 0.15) is 0 Å². The maximum absolute atomic E-state index is 12.5. The molecule has 1 aromatic rings. The van der Waals surface area contributed by atoms with Crippen LogP contribution in [0.5, 0.6) is 0 Å². The van der Waals surface area contributed by atoms with Crippen molar-refractivity contribution < 1.29 is 13.2 Å². The van der Waals surface area contributed by atoms with E-state index >= 15 is 0 Å². The Hall–Kier alpha value is -1.15. The summed E-state index contributed by atoms with van der Waals surface area (Å²) in [5.41, 5.74) is 0.603. The predicted molar refractivity (Wildman–Crippen MR) is 88.8 cm³/mol. The normalized spacial score (nSPS) is 18.0. The SMILES string of the molecule is CCC(=O)Nc1ccc(S(=O)(=O)N(C)C2CCNC2)cc1.Cl. The van der Waals surface area contributed by atoms with Crippen LogP contribution in [0, 0.1) is 0 Å². The van der Waals surface area contributed by atoms with Gasteiger partial charge in [0.25, 0.3) is 0 Å². The number of halogens is 1. The minimum absolute atomic E-state index is 0. The minimum Gasteiger partial charge on any atom is -0.326 e. The van der Waals surface area contributed by atoms with Gasteiger partial charge in [-0.25, -0.2) is 8.42 Å². The Balaban J connectivity index is 0.00000242. The zero-order valence-electron chi connectivity index (χ0n) is 12.7. The number of sulfonamides is 1. The zero-order valence-corrected chi connectivity index (χ0v) is 14.3. The second kappa shape index (κ2) is 7.92. The van der Waals surface area contributed by atoms with E-state index in [1.54, 1.807) is 26.1 Å². The van der Waals surface area contributed by atoms with Crippen molar-refractivity contribution in [2.75, 3.05) is 25.5 Å². The first-order chi connectivity index (χ1) is 9.95. The van der Waals surface area contributed by atoms with Gasteiger partial charge in [-0.15, -0.1) is 12.4 Å². The van der Waals surface area contributed by atoms with E-state index in [0.717, 1.165) is 13.0 Å². The lowest BCUT2D eigenvalue weighted by molar-refractivity contribution is -0.115. The molecule has 1 saturated heterocycles. The van der Waals surface area contributed by atoms with Crippen LogP contribution in [0.3, 0.4) is 0 Å². The molecule has 2 N–H and O–H groups in total. The molecule has 1 unspecified atom stereocenters.